The Morgan fingerprint density at radius 1 is 1.04 bits per heavy atom. The molecule has 5 nitrogen and oxygen atoms in total. The van der Waals surface area contributed by atoms with Gasteiger partial charge in [0.25, 0.3) is 0 Å². The highest BCUT2D eigenvalue weighted by molar-refractivity contribution is 6.31. The zero-order valence-electron chi connectivity index (χ0n) is 15.6. The van der Waals surface area contributed by atoms with Gasteiger partial charge in [0, 0.05) is 44.2 Å². The summed E-state index contributed by atoms with van der Waals surface area (Å²) < 4.78 is 13.2. The number of rotatable bonds is 5. The van der Waals surface area contributed by atoms with Crippen LogP contribution in [-0.4, -0.2) is 72.3 Å². The molecule has 0 spiro atoms. The minimum absolute atomic E-state index is 0.0748. The standard InChI is InChI=1S/C20H27ClFN3O2/c21-18-15-17(22)5-4-16(18)14-20(27)24-9-6-19(26)25(13-12-24)11-10-23-7-2-1-3-8-23/h4-5,15H,1-3,6-14H2. The van der Waals surface area contributed by atoms with Crippen LogP contribution in [0.5, 0.6) is 0 Å². The number of nitrogens with zero attached hydrogens (tertiary/aromatic N) is 3. The van der Waals surface area contributed by atoms with Crippen LogP contribution in [0, 0.1) is 5.82 Å². The van der Waals surface area contributed by atoms with Crippen molar-refractivity contribution in [1.82, 2.24) is 14.7 Å². The van der Waals surface area contributed by atoms with E-state index in [4.69, 9.17) is 11.6 Å². The Labute approximate surface area is 165 Å². The molecule has 0 unspecified atom stereocenters. The molecule has 148 valence electrons. The highest BCUT2D eigenvalue weighted by atomic mass is 35.5. The van der Waals surface area contributed by atoms with Crippen molar-refractivity contribution >= 4 is 23.4 Å². The molecule has 0 radical (unpaired) electrons. The lowest BCUT2D eigenvalue weighted by atomic mass is 10.1. The second-order valence-electron chi connectivity index (χ2n) is 7.33. The Morgan fingerprint density at radius 2 is 1.81 bits per heavy atom. The van der Waals surface area contributed by atoms with Gasteiger partial charge >= 0.3 is 0 Å². The summed E-state index contributed by atoms with van der Waals surface area (Å²) in [5, 5.41) is 0.261. The molecule has 0 saturated carbocycles. The highest BCUT2D eigenvalue weighted by Gasteiger charge is 2.24. The van der Waals surface area contributed by atoms with Gasteiger partial charge in [-0.05, 0) is 43.6 Å². The van der Waals surface area contributed by atoms with Crippen molar-refractivity contribution in [2.45, 2.75) is 32.1 Å². The maximum absolute atomic E-state index is 13.2. The summed E-state index contributed by atoms with van der Waals surface area (Å²) in [5.41, 5.74) is 0.612. The Kier molecular flexibility index (Phi) is 7.07. The summed E-state index contributed by atoms with van der Waals surface area (Å²) in [6.07, 6.45) is 4.25. The molecular weight excluding hydrogens is 369 g/mol. The van der Waals surface area contributed by atoms with E-state index >= 15 is 0 Å². The van der Waals surface area contributed by atoms with Gasteiger partial charge in [-0.1, -0.05) is 24.1 Å². The van der Waals surface area contributed by atoms with E-state index < -0.39 is 5.82 Å². The van der Waals surface area contributed by atoms with Crippen LogP contribution in [0.1, 0.15) is 31.2 Å². The molecule has 2 saturated heterocycles. The van der Waals surface area contributed by atoms with Crippen molar-refractivity contribution in [3.8, 4) is 0 Å². The van der Waals surface area contributed by atoms with Gasteiger partial charge in [-0.25, -0.2) is 4.39 Å². The fraction of sp³-hybridized carbons (Fsp3) is 0.600. The van der Waals surface area contributed by atoms with Gasteiger partial charge in [-0.2, -0.15) is 0 Å². The first-order valence-electron chi connectivity index (χ1n) is 9.75. The van der Waals surface area contributed by atoms with Crippen LogP contribution >= 0.6 is 11.6 Å². The summed E-state index contributed by atoms with van der Waals surface area (Å²) >= 11 is 6.03. The minimum Gasteiger partial charge on any atom is -0.340 e. The van der Waals surface area contributed by atoms with E-state index in [1.807, 2.05) is 4.90 Å². The number of hydrogen-bond acceptors (Lipinski definition) is 3. The lowest BCUT2D eigenvalue weighted by molar-refractivity contribution is -0.130. The lowest BCUT2D eigenvalue weighted by Crippen LogP contribution is -2.41. The molecule has 0 aliphatic carbocycles. The number of amides is 2. The Bertz CT molecular complexity index is 679. The van der Waals surface area contributed by atoms with Crippen LogP contribution in [0.25, 0.3) is 0 Å². The van der Waals surface area contributed by atoms with Crippen LogP contribution in [0.3, 0.4) is 0 Å². The third kappa shape index (κ3) is 5.66. The SMILES string of the molecule is O=C1CCN(C(=O)Cc2ccc(F)cc2Cl)CCN1CCN1CCCCC1. The van der Waals surface area contributed by atoms with E-state index in [1.165, 1.54) is 31.4 Å². The molecule has 2 aliphatic heterocycles. The number of carbonyl (C=O) groups is 2. The first kappa shape index (κ1) is 20.1. The quantitative estimate of drug-likeness (QED) is 0.769. The minimum atomic E-state index is -0.416. The largest absolute Gasteiger partial charge is 0.340 e. The average molecular weight is 396 g/mol. The summed E-state index contributed by atoms with van der Waals surface area (Å²) in [6.45, 7) is 5.39. The summed E-state index contributed by atoms with van der Waals surface area (Å²) in [4.78, 5) is 31.0. The van der Waals surface area contributed by atoms with Crippen LogP contribution in [-0.2, 0) is 16.0 Å². The molecule has 2 heterocycles. The Morgan fingerprint density at radius 3 is 2.56 bits per heavy atom. The van der Waals surface area contributed by atoms with Gasteiger partial charge in [0.2, 0.25) is 11.8 Å². The Hall–Kier alpha value is -1.66. The second kappa shape index (κ2) is 9.51. The van der Waals surface area contributed by atoms with Gasteiger partial charge in [0.15, 0.2) is 0 Å². The summed E-state index contributed by atoms with van der Waals surface area (Å²) in [6, 6.07) is 4.07. The van der Waals surface area contributed by atoms with Crippen LogP contribution < -0.4 is 0 Å². The van der Waals surface area contributed by atoms with E-state index in [2.05, 4.69) is 4.90 Å². The molecule has 2 aliphatic rings. The van der Waals surface area contributed by atoms with Gasteiger partial charge < -0.3 is 14.7 Å². The summed E-state index contributed by atoms with van der Waals surface area (Å²) in [5.74, 6) is -0.378. The average Bonchev–Trinajstić information content (AvgIpc) is 2.85. The van der Waals surface area contributed by atoms with Crippen molar-refractivity contribution in [3.05, 3.63) is 34.6 Å². The third-order valence-corrected chi connectivity index (χ3v) is 5.78. The van der Waals surface area contributed by atoms with Crippen LogP contribution in [0.15, 0.2) is 18.2 Å². The van der Waals surface area contributed by atoms with E-state index in [-0.39, 0.29) is 23.3 Å². The molecule has 3 rings (SSSR count). The molecular formula is C20H27ClFN3O2. The third-order valence-electron chi connectivity index (χ3n) is 5.43. The van der Waals surface area contributed by atoms with Crippen molar-refractivity contribution in [1.29, 1.82) is 0 Å². The van der Waals surface area contributed by atoms with E-state index in [0.29, 0.717) is 31.6 Å². The maximum atomic E-state index is 13.2. The monoisotopic (exact) mass is 395 g/mol. The van der Waals surface area contributed by atoms with Crippen molar-refractivity contribution in [2.75, 3.05) is 45.8 Å². The molecule has 2 amide bonds. The molecule has 0 bridgehead atoms. The van der Waals surface area contributed by atoms with Gasteiger partial charge in [0.1, 0.15) is 5.82 Å². The molecule has 1 aromatic rings. The number of hydrogen-bond donors (Lipinski definition) is 0. The molecule has 0 atom stereocenters. The van der Waals surface area contributed by atoms with Crippen molar-refractivity contribution in [3.63, 3.8) is 0 Å². The molecule has 2 fully saturated rings. The van der Waals surface area contributed by atoms with Crippen LogP contribution in [0.2, 0.25) is 5.02 Å². The first-order valence-corrected chi connectivity index (χ1v) is 10.1. The number of carbonyl (C=O) groups excluding carboxylic acids is 2. The summed E-state index contributed by atoms with van der Waals surface area (Å²) in [7, 11) is 0. The number of likely N-dealkylation sites (tertiary alicyclic amines) is 1. The number of halogens is 2. The van der Waals surface area contributed by atoms with Crippen molar-refractivity contribution < 1.29 is 14.0 Å². The van der Waals surface area contributed by atoms with Gasteiger partial charge in [0.05, 0.1) is 6.42 Å². The first-order chi connectivity index (χ1) is 13.0. The van der Waals surface area contributed by atoms with Crippen molar-refractivity contribution in [2.24, 2.45) is 0 Å². The zero-order chi connectivity index (χ0) is 19.2. The smallest absolute Gasteiger partial charge is 0.227 e. The highest BCUT2D eigenvalue weighted by Crippen LogP contribution is 2.19. The van der Waals surface area contributed by atoms with Gasteiger partial charge in [-0.3, -0.25) is 9.59 Å². The zero-order valence-corrected chi connectivity index (χ0v) is 16.4. The molecule has 0 N–H and O–H groups in total. The predicted octanol–water partition coefficient (Wildman–Crippen LogP) is 2.57. The normalized spacial score (nSPS) is 19.3. The second-order valence-corrected chi connectivity index (χ2v) is 7.73. The number of piperidine rings is 1. The fourth-order valence-electron chi connectivity index (χ4n) is 3.74. The van der Waals surface area contributed by atoms with Crippen LogP contribution in [0.4, 0.5) is 4.39 Å². The predicted molar refractivity (Wildman–Crippen MR) is 103 cm³/mol. The van der Waals surface area contributed by atoms with Gasteiger partial charge in [-0.15, -0.1) is 0 Å². The molecule has 0 aromatic heterocycles. The molecule has 1 aromatic carbocycles. The topological polar surface area (TPSA) is 43.9 Å². The van der Waals surface area contributed by atoms with E-state index in [9.17, 15) is 14.0 Å². The Balaban J connectivity index is 1.51. The number of benzene rings is 1. The molecule has 7 heteroatoms. The molecule has 27 heavy (non-hydrogen) atoms. The van der Waals surface area contributed by atoms with E-state index in [1.54, 1.807) is 11.0 Å². The fourth-order valence-corrected chi connectivity index (χ4v) is 3.97. The lowest BCUT2D eigenvalue weighted by Gasteiger charge is -2.29. The van der Waals surface area contributed by atoms with E-state index in [0.717, 1.165) is 26.2 Å². The maximum Gasteiger partial charge on any atom is 0.227 e.